The Labute approximate surface area is 135 Å². The van der Waals surface area contributed by atoms with E-state index in [-0.39, 0.29) is 24.9 Å². The van der Waals surface area contributed by atoms with Crippen molar-refractivity contribution in [3.05, 3.63) is 29.3 Å². The zero-order valence-electron chi connectivity index (χ0n) is 12.5. The number of carbonyl (C=O) groups is 2. The maximum absolute atomic E-state index is 12.1. The van der Waals surface area contributed by atoms with Gasteiger partial charge in [0.05, 0.1) is 37.0 Å². The highest BCUT2D eigenvalue weighted by Crippen LogP contribution is 2.20. The molecule has 1 fully saturated rings. The first kappa shape index (κ1) is 16.7. The van der Waals surface area contributed by atoms with Crippen LogP contribution in [0.4, 0.5) is 5.69 Å². The van der Waals surface area contributed by atoms with Crippen molar-refractivity contribution in [3.8, 4) is 0 Å². The van der Waals surface area contributed by atoms with Gasteiger partial charge in [0.25, 0.3) is 0 Å². The van der Waals surface area contributed by atoms with Gasteiger partial charge in [0.2, 0.25) is 11.8 Å². The van der Waals surface area contributed by atoms with Gasteiger partial charge in [-0.2, -0.15) is 0 Å². The van der Waals surface area contributed by atoms with Crippen molar-refractivity contribution in [1.29, 1.82) is 0 Å². The quantitative estimate of drug-likeness (QED) is 0.879. The zero-order chi connectivity index (χ0) is 15.9. The number of hydrogen-bond donors (Lipinski definition) is 1. The summed E-state index contributed by atoms with van der Waals surface area (Å²) in [5.74, 6) is -0.193. The van der Waals surface area contributed by atoms with E-state index in [9.17, 15) is 9.59 Å². The zero-order valence-corrected chi connectivity index (χ0v) is 13.3. The Balaban J connectivity index is 1.78. The molecule has 22 heavy (non-hydrogen) atoms. The lowest BCUT2D eigenvalue weighted by Gasteiger charge is -2.28. The molecule has 2 amide bonds. The Morgan fingerprint density at radius 1 is 1.27 bits per heavy atom. The molecule has 1 saturated heterocycles. The fourth-order valence-corrected chi connectivity index (χ4v) is 2.38. The van der Waals surface area contributed by atoms with Crippen LogP contribution in [-0.4, -0.2) is 68.1 Å². The summed E-state index contributed by atoms with van der Waals surface area (Å²) < 4.78 is 5.21. The summed E-state index contributed by atoms with van der Waals surface area (Å²) in [5, 5.41) is 3.23. The number of benzene rings is 1. The number of morpholine rings is 1. The molecule has 0 bridgehead atoms. The minimum absolute atomic E-state index is 0.0105. The van der Waals surface area contributed by atoms with Crippen LogP contribution in [0.15, 0.2) is 24.3 Å². The molecule has 7 heteroatoms. The van der Waals surface area contributed by atoms with E-state index in [2.05, 4.69) is 5.32 Å². The SMILES string of the molecule is CN(CC(=O)Nc1ccccc1Cl)CC(=O)N1CCOCC1. The minimum Gasteiger partial charge on any atom is -0.378 e. The van der Waals surface area contributed by atoms with Crippen LogP contribution in [-0.2, 0) is 14.3 Å². The summed E-state index contributed by atoms with van der Waals surface area (Å²) in [7, 11) is 1.74. The molecule has 0 aliphatic carbocycles. The van der Waals surface area contributed by atoms with Crippen LogP contribution in [0.1, 0.15) is 0 Å². The Morgan fingerprint density at radius 3 is 2.64 bits per heavy atom. The number of halogens is 1. The van der Waals surface area contributed by atoms with Crippen molar-refractivity contribution in [3.63, 3.8) is 0 Å². The number of amides is 2. The van der Waals surface area contributed by atoms with E-state index < -0.39 is 0 Å². The summed E-state index contributed by atoms with van der Waals surface area (Å²) in [4.78, 5) is 27.5. The molecule has 1 N–H and O–H groups in total. The number of hydrogen-bond acceptors (Lipinski definition) is 4. The number of likely N-dealkylation sites (N-methyl/N-ethyl adjacent to an activating group) is 1. The van der Waals surface area contributed by atoms with Crippen molar-refractivity contribution in [2.75, 3.05) is 51.8 Å². The van der Waals surface area contributed by atoms with Gasteiger partial charge in [-0.15, -0.1) is 0 Å². The molecular formula is C15H20ClN3O3. The highest BCUT2D eigenvalue weighted by molar-refractivity contribution is 6.33. The summed E-state index contributed by atoms with van der Waals surface area (Å²) in [6.45, 7) is 2.69. The molecule has 0 spiro atoms. The largest absolute Gasteiger partial charge is 0.378 e. The van der Waals surface area contributed by atoms with Crippen LogP contribution in [0.2, 0.25) is 5.02 Å². The first-order chi connectivity index (χ1) is 10.6. The highest BCUT2D eigenvalue weighted by atomic mass is 35.5. The lowest BCUT2D eigenvalue weighted by Crippen LogP contribution is -2.46. The predicted molar refractivity (Wildman–Crippen MR) is 85.0 cm³/mol. The van der Waals surface area contributed by atoms with E-state index in [1.165, 1.54) is 0 Å². The Bertz CT molecular complexity index is 533. The molecule has 1 heterocycles. The van der Waals surface area contributed by atoms with Gasteiger partial charge >= 0.3 is 0 Å². The van der Waals surface area contributed by atoms with Crippen LogP contribution >= 0.6 is 11.6 Å². The molecular weight excluding hydrogens is 306 g/mol. The second kappa shape index (κ2) is 8.12. The summed E-state index contributed by atoms with van der Waals surface area (Å²) >= 11 is 5.99. The number of rotatable bonds is 5. The maximum Gasteiger partial charge on any atom is 0.238 e. The van der Waals surface area contributed by atoms with Gasteiger partial charge in [-0.1, -0.05) is 23.7 Å². The standard InChI is InChI=1S/C15H20ClN3O3/c1-18(11-15(21)19-6-8-22-9-7-19)10-14(20)17-13-5-3-2-4-12(13)16/h2-5H,6-11H2,1H3,(H,17,20). The number of carbonyl (C=O) groups excluding carboxylic acids is 2. The molecule has 1 aliphatic heterocycles. The van der Waals surface area contributed by atoms with Crippen LogP contribution in [0.25, 0.3) is 0 Å². The van der Waals surface area contributed by atoms with Crippen LogP contribution in [0.3, 0.4) is 0 Å². The molecule has 0 atom stereocenters. The lowest BCUT2D eigenvalue weighted by molar-refractivity contribution is -0.136. The van der Waals surface area contributed by atoms with E-state index >= 15 is 0 Å². The molecule has 0 saturated carbocycles. The van der Waals surface area contributed by atoms with Crippen LogP contribution < -0.4 is 5.32 Å². The van der Waals surface area contributed by atoms with E-state index in [1.807, 2.05) is 0 Å². The molecule has 120 valence electrons. The molecule has 0 unspecified atom stereocenters. The summed E-state index contributed by atoms with van der Waals surface area (Å²) in [6.07, 6.45) is 0. The van der Waals surface area contributed by atoms with Crippen molar-refractivity contribution in [2.45, 2.75) is 0 Å². The first-order valence-corrected chi connectivity index (χ1v) is 7.52. The molecule has 6 nitrogen and oxygen atoms in total. The second-order valence-electron chi connectivity index (χ2n) is 5.19. The van der Waals surface area contributed by atoms with Gasteiger partial charge < -0.3 is 15.0 Å². The lowest BCUT2D eigenvalue weighted by atomic mass is 10.3. The Morgan fingerprint density at radius 2 is 1.95 bits per heavy atom. The van der Waals surface area contributed by atoms with E-state index in [4.69, 9.17) is 16.3 Å². The normalized spacial score (nSPS) is 15.0. The Hall–Kier alpha value is -1.63. The second-order valence-corrected chi connectivity index (χ2v) is 5.60. The van der Waals surface area contributed by atoms with Gasteiger partial charge in [-0.05, 0) is 19.2 Å². The van der Waals surface area contributed by atoms with Gasteiger partial charge in [-0.25, -0.2) is 0 Å². The van der Waals surface area contributed by atoms with Gasteiger partial charge in [0, 0.05) is 13.1 Å². The smallest absolute Gasteiger partial charge is 0.238 e. The average molecular weight is 326 g/mol. The number of para-hydroxylation sites is 1. The van der Waals surface area contributed by atoms with Crippen LogP contribution in [0.5, 0.6) is 0 Å². The topological polar surface area (TPSA) is 61.9 Å². The molecule has 2 rings (SSSR count). The van der Waals surface area contributed by atoms with Gasteiger partial charge in [0.15, 0.2) is 0 Å². The third kappa shape index (κ3) is 4.98. The molecule has 1 aliphatic rings. The number of nitrogens with one attached hydrogen (secondary N) is 1. The van der Waals surface area contributed by atoms with Crippen molar-refractivity contribution in [1.82, 2.24) is 9.80 Å². The fraction of sp³-hybridized carbons (Fsp3) is 0.467. The van der Waals surface area contributed by atoms with E-state index in [1.54, 1.807) is 41.1 Å². The van der Waals surface area contributed by atoms with Gasteiger partial charge in [-0.3, -0.25) is 14.5 Å². The van der Waals surface area contributed by atoms with Crippen molar-refractivity contribution >= 4 is 29.1 Å². The Kier molecular flexibility index (Phi) is 6.18. The van der Waals surface area contributed by atoms with E-state index in [0.717, 1.165) is 0 Å². The number of nitrogens with zero attached hydrogens (tertiary/aromatic N) is 2. The summed E-state index contributed by atoms with van der Waals surface area (Å²) in [6, 6.07) is 7.04. The number of ether oxygens (including phenoxy) is 1. The number of anilines is 1. The van der Waals surface area contributed by atoms with Crippen LogP contribution in [0, 0.1) is 0 Å². The molecule has 0 aromatic heterocycles. The average Bonchev–Trinajstić information content (AvgIpc) is 2.50. The molecule has 1 aromatic rings. The summed E-state index contributed by atoms with van der Waals surface area (Å²) in [5.41, 5.74) is 0.571. The van der Waals surface area contributed by atoms with Gasteiger partial charge in [0.1, 0.15) is 0 Å². The van der Waals surface area contributed by atoms with Crippen molar-refractivity contribution < 1.29 is 14.3 Å². The molecule has 0 radical (unpaired) electrons. The minimum atomic E-state index is -0.203. The fourth-order valence-electron chi connectivity index (χ4n) is 2.20. The van der Waals surface area contributed by atoms with Crippen molar-refractivity contribution in [2.24, 2.45) is 0 Å². The monoisotopic (exact) mass is 325 g/mol. The predicted octanol–water partition coefficient (Wildman–Crippen LogP) is 1.07. The highest BCUT2D eigenvalue weighted by Gasteiger charge is 2.19. The van der Waals surface area contributed by atoms with E-state index in [0.29, 0.717) is 37.0 Å². The molecule has 1 aromatic carbocycles. The first-order valence-electron chi connectivity index (χ1n) is 7.14. The third-order valence-electron chi connectivity index (χ3n) is 3.33. The third-order valence-corrected chi connectivity index (χ3v) is 3.66. The maximum atomic E-state index is 12.1.